The van der Waals surface area contributed by atoms with Crippen molar-refractivity contribution in [1.82, 2.24) is 10.3 Å². The molecule has 15 heavy (non-hydrogen) atoms. The third-order valence-corrected chi connectivity index (χ3v) is 3.42. The van der Waals surface area contributed by atoms with Crippen molar-refractivity contribution < 1.29 is 4.39 Å². The van der Waals surface area contributed by atoms with Crippen molar-refractivity contribution in [3.8, 4) is 0 Å². The van der Waals surface area contributed by atoms with Gasteiger partial charge < -0.3 is 10.2 Å². The first kappa shape index (κ1) is 9.09. The van der Waals surface area contributed by atoms with Crippen LogP contribution in [0.15, 0.2) is 18.5 Å². The number of halogens is 1. The van der Waals surface area contributed by atoms with E-state index in [0.717, 1.165) is 37.7 Å². The van der Waals surface area contributed by atoms with Gasteiger partial charge in [-0.25, -0.2) is 4.39 Å². The van der Waals surface area contributed by atoms with Crippen LogP contribution in [0.25, 0.3) is 0 Å². The minimum Gasteiger partial charge on any atom is -0.366 e. The molecule has 2 saturated heterocycles. The maximum absolute atomic E-state index is 13.0. The summed E-state index contributed by atoms with van der Waals surface area (Å²) in [5, 5.41) is 3.38. The van der Waals surface area contributed by atoms with E-state index in [9.17, 15) is 4.39 Å². The average Bonchev–Trinajstić information content (AvgIpc) is 2.20. The molecule has 2 atom stereocenters. The number of fused-ring (bicyclic) bond motifs is 1. The Morgan fingerprint density at radius 3 is 3.20 bits per heavy atom. The van der Waals surface area contributed by atoms with Crippen LogP contribution in [0.4, 0.5) is 10.1 Å². The second kappa shape index (κ2) is 3.45. The van der Waals surface area contributed by atoms with E-state index in [-0.39, 0.29) is 5.82 Å². The second-order valence-electron chi connectivity index (χ2n) is 4.33. The summed E-state index contributed by atoms with van der Waals surface area (Å²) in [5.41, 5.74) is 0.929. The molecule has 2 aliphatic rings. The number of hydrogen-bond donors (Lipinski definition) is 1. The maximum atomic E-state index is 13.0. The molecular weight excluding hydrogens is 193 g/mol. The Bertz CT molecular complexity index is 369. The molecule has 0 spiro atoms. The first-order valence-corrected chi connectivity index (χ1v) is 5.42. The van der Waals surface area contributed by atoms with E-state index in [1.54, 1.807) is 12.3 Å². The molecule has 1 aromatic heterocycles. The number of anilines is 1. The molecule has 80 valence electrons. The lowest BCUT2D eigenvalue weighted by molar-refractivity contribution is 0.230. The topological polar surface area (TPSA) is 28.2 Å². The van der Waals surface area contributed by atoms with Gasteiger partial charge in [0.15, 0.2) is 0 Å². The van der Waals surface area contributed by atoms with Gasteiger partial charge in [-0.3, -0.25) is 4.98 Å². The Morgan fingerprint density at radius 2 is 2.40 bits per heavy atom. The van der Waals surface area contributed by atoms with Gasteiger partial charge in [-0.15, -0.1) is 0 Å². The lowest BCUT2D eigenvalue weighted by Crippen LogP contribution is -2.63. The molecule has 2 fully saturated rings. The molecule has 1 N–H and O–H groups in total. The molecule has 2 unspecified atom stereocenters. The predicted octanol–water partition coefficient (Wildman–Crippen LogP) is 1.02. The molecule has 2 aliphatic heterocycles. The van der Waals surface area contributed by atoms with Crippen molar-refractivity contribution in [2.45, 2.75) is 12.5 Å². The highest BCUT2D eigenvalue weighted by Crippen LogP contribution is 2.33. The molecular formula is C11H14FN3. The summed E-state index contributed by atoms with van der Waals surface area (Å²) in [4.78, 5) is 6.16. The first-order chi connectivity index (χ1) is 7.34. The number of nitrogens with one attached hydrogen (secondary N) is 1. The molecule has 0 amide bonds. The average molecular weight is 207 g/mol. The Hall–Kier alpha value is -1.16. The maximum Gasteiger partial charge on any atom is 0.143 e. The van der Waals surface area contributed by atoms with Crippen LogP contribution in [0.3, 0.4) is 0 Å². The molecule has 0 aliphatic carbocycles. The fraction of sp³-hybridized carbons (Fsp3) is 0.545. The summed E-state index contributed by atoms with van der Waals surface area (Å²) in [5.74, 6) is 0.493. The third kappa shape index (κ3) is 1.49. The summed E-state index contributed by atoms with van der Waals surface area (Å²) in [6, 6.07) is 2.17. The van der Waals surface area contributed by atoms with Crippen LogP contribution < -0.4 is 10.2 Å². The van der Waals surface area contributed by atoms with Crippen LogP contribution in [0.1, 0.15) is 6.42 Å². The molecule has 4 heteroatoms. The summed E-state index contributed by atoms with van der Waals surface area (Å²) < 4.78 is 13.0. The van der Waals surface area contributed by atoms with Crippen LogP contribution in [0, 0.1) is 11.7 Å². The van der Waals surface area contributed by atoms with Crippen molar-refractivity contribution in [3.63, 3.8) is 0 Å². The zero-order valence-corrected chi connectivity index (χ0v) is 8.49. The van der Waals surface area contributed by atoms with Gasteiger partial charge in [0.2, 0.25) is 0 Å². The van der Waals surface area contributed by atoms with E-state index < -0.39 is 0 Å². The minimum absolute atomic E-state index is 0.245. The lowest BCUT2D eigenvalue weighted by atomic mass is 9.83. The quantitative estimate of drug-likeness (QED) is 0.745. The highest BCUT2D eigenvalue weighted by atomic mass is 19.1. The fourth-order valence-corrected chi connectivity index (χ4v) is 2.61. The van der Waals surface area contributed by atoms with E-state index >= 15 is 0 Å². The SMILES string of the molecule is Fc1cncc(N2CC3CNCCC32)c1. The Kier molecular flexibility index (Phi) is 2.09. The number of rotatable bonds is 1. The zero-order valence-electron chi connectivity index (χ0n) is 8.49. The summed E-state index contributed by atoms with van der Waals surface area (Å²) >= 11 is 0. The number of piperidine rings is 1. The van der Waals surface area contributed by atoms with E-state index in [0.29, 0.717) is 6.04 Å². The van der Waals surface area contributed by atoms with Gasteiger partial charge in [0.05, 0.1) is 18.1 Å². The molecule has 3 nitrogen and oxygen atoms in total. The van der Waals surface area contributed by atoms with Crippen molar-refractivity contribution in [1.29, 1.82) is 0 Å². The van der Waals surface area contributed by atoms with E-state index in [4.69, 9.17) is 0 Å². The molecule has 0 radical (unpaired) electrons. The third-order valence-electron chi connectivity index (χ3n) is 3.42. The second-order valence-corrected chi connectivity index (χ2v) is 4.33. The van der Waals surface area contributed by atoms with E-state index in [1.807, 2.05) is 0 Å². The number of nitrogens with zero attached hydrogens (tertiary/aromatic N) is 2. The van der Waals surface area contributed by atoms with E-state index in [1.165, 1.54) is 6.20 Å². The van der Waals surface area contributed by atoms with Gasteiger partial charge in [-0.2, -0.15) is 0 Å². The molecule has 3 heterocycles. The molecule has 0 aromatic carbocycles. The molecule has 0 saturated carbocycles. The summed E-state index contributed by atoms with van der Waals surface area (Å²) in [6.45, 7) is 3.20. The number of aromatic nitrogens is 1. The number of pyridine rings is 1. The van der Waals surface area contributed by atoms with Crippen molar-refractivity contribution in [3.05, 3.63) is 24.3 Å². The largest absolute Gasteiger partial charge is 0.366 e. The normalized spacial score (nSPS) is 29.5. The van der Waals surface area contributed by atoms with E-state index in [2.05, 4.69) is 15.2 Å². The van der Waals surface area contributed by atoms with Crippen molar-refractivity contribution >= 4 is 5.69 Å². The van der Waals surface area contributed by atoms with Gasteiger partial charge in [0.1, 0.15) is 5.82 Å². The van der Waals surface area contributed by atoms with Gasteiger partial charge in [-0.1, -0.05) is 0 Å². The molecule has 3 rings (SSSR count). The number of hydrogen-bond acceptors (Lipinski definition) is 3. The van der Waals surface area contributed by atoms with Crippen LogP contribution in [-0.2, 0) is 0 Å². The van der Waals surface area contributed by atoms with Gasteiger partial charge >= 0.3 is 0 Å². The summed E-state index contributed by atoms with van der Waals surface area (Å²) in [7, 11) is 0. The Labute approximate surface area is 88.3 Å². The lowest BCUT2D eigenvalue weighted by Gasteiger charge is -2.52. The zero-order chi connectivity index (χ0) is 10.3. The monoisotopic (exact) mass is 207 g/mol. The van der Waals surface area contributed by atoms with Crippen LogP contribution in [0.5, 0.6) is 0 Å². The van der Waals surface area contributed by atoms with Crippen molar-refractivity contribution in [2.24, 2.45) is 5.92 Å². The first-order valence-electron chi connectivity index (χ1n) is 5.42. The standard InChI is InChI=1S/C11H14FN3/c12-9-3-10(6-14-5-9)15-7-8-4-13-2-1-11(8)15/h3,5-6,8,11,13H,1-2,4,7H2. The van der Waals surface area contributed by atoms with Gasteiger partial charge in [0.25, 0.3) is 0 Å². The predicted molar refractivity (Wildman–Crippen MR) is 56.3 cm³/mol. The highest BCUT2D eigenvalue weighted by molar-refractivity contribution is 5.49. The van der Waals surface area contributed by atoms with Gasteiger partial charge in [0, 0.05) is 31.1 Å². The Morgan fingerprint density at radius 1 is 1.47 bits per heavy atom. The van der Waals surface area contributed by atoms with Gasteiger partial charge in [-0.05, 0) is 13.0 Å². The molecule has 1 aromatic rings. The minimum atomic E-state index is -0.245. The van der Waals surface area contributed by atoms with Crippen LogP contribution in [-0.4, -0.2) is 30.7 Å². The summed E-state index contributed by atoms with van der Waals surface area (Å²) in [6.07, 6.45) is 4.16. The molecule has 0 bridgehead atoms. The van der Waals surface area contributed by atoms with Crippen LogP contribution >= 0.6 is 0 Å². The van der Waals surface area contributed by atoms with Crippen molar-refractivity contribution in [2.75, 3.05) is 24.5 Å². The van der Waals surface area contributed by atoms with Crippen LogP contribution in [0.2, 0.25) is 0 Å². The highest BCUT2D eigenvalue weighted by Gasteiger charge is 2.40. The smallest absolute Gasteiger partial charge is 0.143 e. The Balaban J connectivity index is 1.79. The fourth-order valence-electron chi connectivity index (χ4n) is 2.61.